The van der Waals surface area contributed by atoms with E-state index in [1.807, 2.05) is 0 Å². The molecule has 2 aliphatic rings. The average molecular weight is 276 g/mol. The van der Waals surface area contributed by atoms with Crippen LogP contribution in [0.3, 0.4) is 0 Å². The molecule has 15 heavy (non-hydrogen) atoms. The van der Waals surface area contributed by atoms with Gasteiger partial charge in [-0.1, -0.05) is 29.3 Å². The number of ether oxygens (including phenoxy) is 1. The third-order valence-electron chi connectivity index (χ3n) is 3.70. The Kier molecular flexibility index (Phi) is 4.47. The third kappa shape index (κ3) is 3.18. The zero-order chi connectivity index (χ0) is 10.7. The van der Waals surface area contributed by atoms with Crippen molar-refractivity contribution in [2.24, 2.45) is 5.92 Å². The van der Waals surface area contributed by atoms with Crippen molar-refractivity contribution >= 4 is 15.9 Å². The molecular formula is C12H22BrNO. The monoisotopic (exact) mass is 275 g/mol. The van der Waals surface area contributed by atoms with E-state index in [0.29, 0.717) is 10.9 Å². The summed E-state index contributed by atoms with van der Waals surface area (Å²) in [6.45, 7) is 6.89. The van der Waals surface area contributed by atoms with Crippen LogP contribution in [0.4, 0.5) is 0 Å². The van der Waals surface area contributed by atoms with Crippen molar-refractivity contribution in [2.45, 2.75) is 43.5 Å². The Bertz CT molecular complexity index is 194. The lowest BCUT2D eigenvalue weighted by molar-refractivity contribution is -0.00233. The van der Waals surface area contributed by atoms with Gasteiger partial charge in [-0.05, 0) is 25.2 Å². The number of alkyl halides is 1. The first-order valence-electron chi connectivity index (χ1n) is 6.27. The second-order valence-corrected chi connectivity index (χ2v) is 6.07. The molecule has 0 aromatic carbocycles. The second kappa shape index (κ2) is 5.65. The molecule has 0 amide bonds. The molecule has 2 saturated heterocycles. The summed E-state index contributed by atoms with van der Waals surface area (Å²) in [6, 6.07) is 0. The number of rotatable bonds is 3. The molecule has 0 saturated carbocycles. The Balaban J connectivity index is 1.75. The normalized spacial score (nSPS) is 38.4. The number of likely N-dealkylation sites (tertiary alicyclic amines) is 1. The summed E-state index contributed by atoms with van der Waals surface area (Å²) in [4.78, 5) is 3.27. The standard InChI is InChI=1S/C12H22BrNO/c1-2-10-7-14(9-12(10)13)8-11-5-3-4-6-15-11/h10-12H,2-9H2,1H3. The van der Waals surface area contributed by atoms with Crippen molar-refractivity contribution in [2.75, 3.05) is 26.2 Å². The zero-order valence-electron chi connectivity index (χ0n) is 9.62. The van der Waals surface area contributed by atoms with E-state index in [1.54, 1.807) is 0 Å². The summed E-state index contributed by atoms with van der Waals surface area (Å²) in [5, 5.41) is 0. The van der Waals surface area contributed by atoms with Crippen LogP contribution in [0.5, 0.6) is 0 Å². The van der Waals surface area contributed by atoms with Crippen LogP contribution in [-0.2, 0) is 4.74 Å². The summed E-state index contributed by atoms with van der Waals surface area (Å²) < 4.78 is 5.79. The minimum absolute atomic E-state index is 0.508. The Morgan fingerprint density at radius 3 is 2.80 bits per heavy atom. The molecule has 2 fully saturated rings. The quantitative estimate of drug-likeness (QED) is 0.735. The van der Waals surface area contributed by atoms with Gasteiger partial charge in [-0.25, -0.2) is 0 Å². The molecule has 0 aromatic heterocycles. The molecule has 0 spiro atoms. The van der Waals surface area contributed by atoms with Crippen molar-refractivity contribution < 1.29 is 4.74 Å². The lowest BCUT2D eigenvalue weighted by Gasteiger charge is -2.27. The van der Waals surface area contributed by atoms with E-state index in [1.165, 1.54) is 38.8 Å². The maximum absolute atomic E-state index is 5.79. The molecule has 0 aromatic rings. The van der Waals surface area contributed by atoms with Gasteiger partial charge in [0, 0.05) is 31.1 Å². The van der Waals surface area contributed by atoms with Gasteiger partial charge in [-0.3, -0.25) is 4.90 Å². The molecule has 3 atom stereocenters. The van der Waals surface area contributed by atoms with E-state index in [2.05, 4.69) is 27.8 Å². The number of hydrogen-bond acceptors (Lipinski definition) is 2. The van der Waals surface area contributed by atoms with Crippen LogP contribution in [0.25, 0.3) is 0 Å². The SMILES string of the molecule is CCC1CN(CC2CCCCO2)CC1Br. The highest BCUT2D eigenvalue weighted by molar-refractivity contribution is 9.09. The summed E-state index contributed by atoms with van der Waals surface area (Å²) in [6.07, 6.45) is 5.68. The lowest BCUT2D eigenvalue weighted by atomic mass is 10.1. The fourth-order valence-electron chi connectivity index (χ4n) is 2.69. The van der Waals surface area contributed by atoms with Gasteiger partial charge >= 0.3 is 0 Å². The van der Waals surface area contributed by atoms with Crippen LogP contribution in [0.2, 0.25) is 0 Å². The van der Waals surface area contributed by atoms with Crippen LogP contribution in [-0.4, -0.2) is 42.1 Å². The molecule has 3 heteroatoms. The summed E-state index contributed by atoms with van der Waals surface area (Å²) in [5.74, 6) is 0.841. The van der Waals surface area contributed by atoms with Crippen LogP contribution in [0.15, 0.2) is 0 Å². The molecule has 0 aliphatic carbocycles. The fourth-order valence-corrected chi connectivity index (χ4v) is 3.64. The van der Waals surface area contributed by atoms with E-state index in [4.69, 9.17) is 4.74 Å². The summed E-state index contributed by atoms with van der Waals surface area (Å²) >= 11 is 3.79. The molecule has 3 unspecified atom stereocenters. The van der Waals surface area contributed by atoms with Crippen molar-refractivity contribution in [1.29, 1.82) is 0 Å². The van der Waals surface area contributed by atoms with Gasteiger partial charge < -0.3 is 4.74 Å². The maximum Gasteiger partial charge on any atom is 0.0702 e. The van der Waals surface area contributed by atoms with E-state index in [-0.39, 0.29) is 0 Å². The van der Waals surface area contributed by atoms with Crippen molar-refractivity contribution in [3.63, 3.8) is 0 Å². The van der Waals surface area contributed by atoms with Gasteiger partial charge in [-0.15, -0.1) is 0 Å². The molecule has 0 N–H and O–H groups in total. The Morgan fingerprint density at radius 1 is 1.33 bits per heavy atom. The predicted octanol–water partition coefficient (Wildman–Crippen LogP) is 2.66. The number of hydrogen-bond donors (Lipinski definition) is 0. The van der Waals surface area contributed by atoms with Crippen LogP contribution < -0.4 is 0 Å². The number of nitrogens with zero attached hydrogens (tertiary/aromatic N) is 1. The molecule has 0 radical (unpaired) electrons. The van der Waals surface area contributed by atoms with Crippen LogP contribution >= 0.6 is 15.9 Å². The van der Waals surface area contributed by atoms with Crippen molar-refractivity contribution in [3.8, 4) is 0 Å². The molecule has 2 rings (SSSR count). The van der Waals surface area contributed by atoms with Gasteiger partial charge in [0.25, 0.3) is 0 Å². The fraction of sp³-hybridized carbons (Fsp3) is 1.00. The van der Waals surface area contributed by atoms with Gasteiger partial charge in [0.05, 0.1) is 6.10 Å². The van der Waals surface area contributed by atoms with Gasteiger partial charge in [0.2, 0.25) is 0 Å². The smallest absolute Gasteiger partial charge is 0.0702 e. The predicted molar refractivity (Wildman–Crippen MR) is 66.5 cm³/mol. The van der Waals surface area contributed by atoms with Gasteiger partial charge in [0.15, 0.2) is 0 Å². The molecule has 0 bridgehead atoms. The minimum atomic E-state index is 0.508. The first kappa shape index (κ1) is 11.9. The summed E-state index contributed by atoms with van der Waals surface area (Å²) in [7, 11) is 0. The van der Waals surface area contributed by atoms with Crippen molar-refractivity contribution in [1.82, 2.24) is 4.90 Å². The highest BCUT2D eigenvalue weighted by atomic mass is 79.9. The van der Waals surface area contributed by atoms with Crippen LogP contribution in [0, 0.1) is 5.92 Å². The first-order chi connectivity index (χ1) is 7.29. The Morgan fingerprint density at radius 2 is 2.20 bits per heavy atom. The highest BCUT2D eigenvalue weighted by Gasteiger charge is 2.31. The molecule has 2 nitrogen and oxygen atoms in total. The van der Waals surface area contributed by atoms with Crippen molar-refractivity contribution in [3.05, 3.63) is 0 Å². The number of halogens is 1. The van der Waals surface area contributed by atoms with E-state index >= 15 is 0 Å². The van der Waals surface area contributed by atoms with Crippen LogP contribution in [0.1, 0.15) is 32.6 Å². The van der Waals surface area contributed by atoms with Gasteiger partial charge in [-0.2, -0.15) is 0 Å². The Hall–Kier alpha value is 0.400. The topological polar surface area (TPSA) is 12.5 Å². The zero-order valence-corrected chi connectivity index (χ0v) is 11.2. The largest absolute Gasteiger partial charge is 0.377 e. The molecular weight excluding hydrogens is 254 g/mol. The minimum Gasteiger partial charge on any atom is -0.377 e. The lowest BCUT2D eigenvalue weighted by Crippen LogP contribution is -2.34. The highest BCUT2D eigenvalue weighted by Crippen LogP contribution is 2.27. The third-order valence-corrected chi connectivity index (χ3v) is 4.73. The maximum atomic E-state index is 5.79. The van der Waals surface area contributed by atoms with E-state index < -0.39 is 0 Å². The van der Waals surface area contributed by atoms with E-state index in [0.717, 1.165) is 19.1 Å². The summed E-state index contributed by atoms with van der Waals surface area (Å²) in [5.41, 5.74) is 0. The molecule has 2 heterocycles. The molecule has 88 valence electrons. The Labute approximate surface area is 101 Å². The molecule has 2 aliphatic heterocycles. The first-order valence-corrected chi connectivity index (χ1v) is 7.19. The van der Waals surface area contributed by atoms with Gasteiger partial charge in [0.1, 0.15) is 0 Å². The second-order valence-electron chi connectivity index (χ2n) is 4.89. The van der Waals surface area contributed by atoms with E-state index in [9.17, 15) is 0 Å². The average Bonchev–Trinajstić information content (AvgIpc) is 2.60.